The average Bonchev–Trinajstić information content (AvgIpc) is 2.53. The minimum absolute atomic E-state index is 0.0803. The molecule has 112 valence electrons. The van der Waals surface area contributed by atoms with Crippen LogP contribution in [0.1, 0.15) is 38.7 Å². The van der Waals surface area contributed by atoms with E-state index in [0.717, 1.165) is 39.0 Å². The number of likely N-dealkylation sites (N-methyl/N-ethyl adjacent to an activating group) is 1. The summed E-state index contributed by atoms with van der Waals surface area (Å²) in [4.78, 5) is 6.61. The van der Waals surface area contributed by atoms with Gasteiger partial charge in [-0.25, -0.2) is 0 Å². The Balaban J connectivity index is 2.14. The van der Waals surface area contributed by atoms with Crippen LogP contribution in [0, 0.1) is 0 Å². The highest BCUT2D eigenvalue weighted by Gasteiger charge is 2.39. The molecule has 1 aliphatic heterocycles. The van der Waals surface area contributed by atoms with Crippen LogP contribution < -0.4 is 5.73 Å². The van der Waals surface area contributed by atoms with E-state index in [2.05, 4.69) is 35.9 Å². The van der Waals surface area contributed by atoms with Gasteiger partial charge in [0.05, 0.1) is 6.10 Å². The van der Waals surface area contributed by atoms with Crippen molar-refractivity contribution in [3.05, 3.63) is 30.1 Å². The molecule has 0 aromatic carbocycles. The number of ether oxygens (including phenoxy) is 1. The molecule has 1 aliphatic rings. The smallest absolute Gasteiger partial charge is 0.0590 e. The number of rotatable bonds is 6. The van der Waals surface area contributed by atoms with E-state index in [9.17, 15) is 0 Å². The maximum Gasteiger partial charge on any atom is 0.0590 e. The van der Waals surface area contributed by atoms with E-state index in [1.54, 1.807) is 0 Å². The fourth-order valence-electron chi connectivity index (χ4n) is 3.19. The van der Waals surface area contributed by atoms with Gasteiger partial charge >= 0.3 is 0 Å². The van der Waals surface area contributed by atoms with Crippen molar-refractivity contribution in [3.63, 3.8) is 0 Å². The van der Waals surface area contributed by atoms with E-state index in [0.29, 0.717) is 12.6 Å². The number of hydrogen-bond donors (Lipinski definition) is 1. The molecule has 0 amide bonds. The molecule has 2 N–H and O–H groups in total. The highest BCUT2D eigenvalue weighted by Crippen LogP contribution is 2.32. The van der Waals surface area contributed by atoms with E-state index in [1.807, 2.05) is 12.4 Å². The lowest BCUT2D eigenvalue weighted by Gasteiger charge is -2.48. The van der Waals surface area contributed by atoms with Gasteiger partial charge in [-0.3, -0.25) is 9.88 Å². The minimum atomic E-state index is 0.0803. The summed E-state index contributed by atoms with van der Waals surface area (Å²) in [5.74, 6) is 0. The molecule has 1 aromatic rings. The Morgan fingerprint density at radius 3 is 2.75 bits per heavy atom. The first-order valence-electron chi connectivity index (χ1n) is 7.69. The molecule has 20 heavy (non-hydrogen) atoms. The third-order valence-corrected chi connectivity index (χ3v) is 4.54. The number of hydrogen-bond acceptors (Lipinski definition) is 4. The Morgan fingerprint density at radius 1 is 1.40 bits per heavy atom. The summed E-state index contributed by atoms with van der Waals surface area (Å²) in [7, 11) is 0. The van der Waals surface area contributed by atoms with E-state index >= 15 is 0 Å². The highest BCUT2D eigenvalue weighted by molar-refractivity contribution is 5.11. The fraction of sp³-hybridized carbons (Fsp3) is 0.688. The lowest BCUT2D eigenvalue weighted by Crippen LogP contribution is -2.58. The SMILES string of the molecule is CCC1CC(CN)(N(CC)Cc2ccncc2)CCO1. The van der Waals surface area contributed by atoms with Gasteiger partial charge < -0.3 is 10.5 Å². The Hall–Kier alpha value is -0.970. The lowest BCUT2D eigenvalue weighted by atomic mass is 9.83. The molecule has 0 saturated carbocycles. The minimum Gasteiger partial charge on any atom is -0.378 e. The second kappa shape index (κ2) is 7.16. The first-order chi connectivity index (χ1) is 9.74. The largest absolute Gasteiger partial charge is 0.378 e. The molecule has 2 heterocycles. The van der Waals surface area contributed by atoms with Gasteiger partial charge in [-0.15, -0.1) is 0 Å². The van der Waals surface area contributed by atoms with Crippen LogP contribution in [-0.4, -0.2) is 41.2 Å². The summed E-state index contributed by atoms with van der Waals surface area (Å²) in [6.45, 7) is 7.88. The molecule has 1 fully saturated rings. The molecule has 2 rings (SSSR count). The van der Waals surface area contributed by atoms with Gasteiger partial charge in [-0.1, -0.05) is 13.8 Å². The molecule has 0 radical (unpaired) electrons. The average molecular weight is 277 g/mol. The first kappa shape index (κ1) is 15.4. The molecule has 4 nitrogen and oxygen atoms in total. The topological polar surface area (TPSA) is 51.4 Å². The predicted octanol–water partition coefficient (Wildman–Crippen LogP) is 2.19. The Kier molecular flexibility index (Phi) is 5.52. The van der Waals surface area contributed by atoms with Crippen LogP contribution in [0.5, 0.6) is 0 Å². The van der Waals surface area contributed by atoms with Gasteiger partial charge in [0, 0.05) is 37.6 Å². The van der Waals surface area contributed by atoms with Crippen molar-refractivity contribution in [2.24, 2.45) is 5.73 Å². The summed E-state index contributed by atoms with van der Waals surface area (Å²) >= 11 is 0. The summed E-state index contributed by atoms with van der Waals surface area (Å²) in [6.07, 6.45) is 7.19. The molecular weight excluding hydrogens is 250 g/mol. The van der Waals surface area contributed by atoms with Gasteiger partial charge in [-0.2, -0.15) is 0 Å². The van der Waals surface area contributed by atoms with Crippen molar-refractivity contribution >= 4 is 0 Å². The second-order valence-corrected chi connectivity index (χ2v) is 5.65. The maximum atomic E-state index is 6.18. The Bertz CT molecular complexity index is 398. The van der Waals surface area contributed by atoms with E-state index in [1.165, 1.54) is 5.56 Å². The van der Waals surface area contributed by atoms with E-state index in [-0.39, 0.29) is 5.54 Å². The Labute approximate surface area is 122 Å². The summed E-state index contributed by atoms with van der Waals surface area (Å²) in [5.41, 5.74) is 7.56. The van der Waals surface area contributed by atoms with Crippen LogP contribution in [0.3, 0.4) is 0 Å². The zero-order chi connectivity index (χ0) is 14.4. The van der Waals surface area contributed by atoms with Crippen LogP contribution in [-0.2, 0) is 11.3 Å². The third kappa shape index (κ3) is 3.37. The van der Waals surface area contributed by atoms with Gasteiger partial charge in [0.1, 0.15) is 0 Å². The van der Waals surface area contributed by atoms with Gasteiger partial charge in [0.15, 0.2) is 0 Å². The van der Waals surface area contributed by atoms with Crippen molar-refractivity contribution in [2.75, 3.05) is 19.7 Å². The standard InChI is InChI=1S/C16H27N3O/c1-3-15-11-16(13-17,7-10-20-15)19(4-2)12-14-5-8-18-9-6-14/h5-6,8-9,15H,3-4,7,10-13,17H2,1-2H3. The molecule has 0 bridgehead atoms. The molecule has 2 unspecified atom stereocenters. The van der Waals surface area contributed by atoms with Crippen molar-refractivity contribution in [1.29, 1.82) is 0 Å². The Morgan fingerprint density at radius 2 is 2.15 bits per heavy atom. The highest BCUT2D eigenvalue weighted by atomic mass is 16.5. The van der Waals surface area contributed by atoms with Crippen LogP contribution in [0.4, 0.5) is 0 Å². The molecule has 0 aliphatic carbocycles. The quantitative estimate of drug-likeness (QED) is 0.866. The van der Waals surface area contributed by atoms with Gasteiger partial charge in [-0.05, 0) is 43.5 Å². The lowest BCUT2D eigenvalue weighted by molar-refractivity contribution is -0.0735. The van der Waals surface area contributed by atoms with Crippen LogP contribution >= 0.6 is 0 Å². The van der Waals surface area contributed by atoms with Crippen molar-refractivity contribution < 1.29 is 4.74 Å². The predicted molar refractivity (Wildman–Crippen MR) is 81.4 cm³/mol. The number of nitrogens with two attached hydrogens (primary N) is 1. The number of nitrogens with zero attached hydrogens (tertiary/aromatic N) is 2. The second-order valence-electron chi connectivity index (χ2n) is 5.65. The summed E-state index contributed by atoms with van der Waals surface area (Å²) in [6, 6.07) is 4.17. The van der Waals surface area contributed by atoms with Crippen molar-refractivity contribution in [3.8, 4) is 0 Å². The van der Waals surface area contributed by atoms with Crippen LogP contribution in [0.25, 0.3) is 0 Å². The van der Waals surface area contributed by atoms with Crippen molar-refractivity contribution in [1.82, 2.24) is 9.88 Å². The van der Waals surface area contributed by atoms with Crippen molar-refractivity contribution in [2.45, 2.75) is 51.3 Å². The maximum absolute atomic E-state index is 6.18. The number of aromatic nitrogens is 1. The van der Waals surface area contributed by atoms with Crippen LogP contribution in [0.15, 0.2) is 24.5 Å². The molecule has 4 heteroatoms. The molecule has 2 atom stereocenters. The van der Waals surface area contributed by atoms with E-state index < -0.39 is 0 Å². The monoisotopic (exact) mass is 277 g/mol. The number of pyridine rings is 1. The van der Waals surface area contributed by atoms with Gasteiger partial charge in [0.25, 0.3) is 0 Å². The molecule has 1 aromatic heterocycles. The van der Waals surface area contributed by atoms with Gasteiger partial charge in [0.2, 0.25) is 0 Å². The zero-order valence-corrected chi connectivity index (χ0v) is 12.7. The van der Waals surface area contributed by atoms with E-state index in [4.69, 9.17) is 10.5 Å². The zero-order valence-electron chi connectivity index (χ0n) is 12.7. The normalized spacial score (nSPS) is 26.9. The summed E-state index contributed by atoms with van der Waals surface area (Å²) < 4.78 is 5.84. The third-order valence-electron chi connectivity index (χ3n) is 4.54. The summed E-state index contributed by atoms with van der Waals surface area (Å²) in [5, 5.41) is 0. The molecular formula is C16H27N3O. The molecule has 1 saturated heterocycles. The van der Waals surface area contributed by atoms with Crippen LogP contribution in [0.2, 0.25) is 0 Å². The molecule has 0 spiro atoms. The first-order valence-corrected chi connectivity index (χ1v) is 7.69. The fourth-order valence-corrected chi connectivity index (χ4v) is 3.19.